The Hall–Kier alpha value is -1.59. The Morgan fingerprint density at radius 2 is 1.91 bits per heavy atom. The van der Waals surface area contributed by atoms with E-state index in [9.17, 15) is 0 Å². The van der Waals surface area contributed by atoms with E-state index in [0.29, 0.717) is 19.1 Å². The van der Waals surface area contributed by atoms with Crippen molar-refractivity contribution in [2.45, 2.75) is 50.4 Å². The molecule has 0 amide bonds. The van der Waals surface area contributed by atoms with Crippen LogP contribution in [0.25, 0.3) is 0 Å². The van der Waals surface area contributed by atoms with Crippen molar-refractivity contribution in [3.63, 3.8) is 0 Å². The number of nitrogens with zero attached hydrogens (tertiary/aromatic N) is 1. The minimum Gasteiger partial charge on any atom is -0.370 e. The number of nitrogens with one attached hydrogen (secondary N) is 1. The van der Waals surface area contributed by atoms with Crippen molar-refractivity contribution in [3.8, 4) is 0 Å². The van der Waals surface area contributed by atoms with Gasteiger partial charge in [-0.1, -0.05) is 31.0 Å². The van der Waals surface area contributed by atoms with Crippen molar-refractivity contribution in [1.82, 2.24) is 0 Å². The lowest BCUT2D eigenvalue weighted by atomic mass is 10.1. The van der Waals surface area contributed by atoms with E-state index >= 15 is 0 Å². The van der Waals surface area contributed by atoms with Crippen molar-refractivity contribution >= 4 is 11.6 Å². The van der Waals surface area contributed by atoms with E-state index in [4.69, 9.17) is 15.2 Å². The van der Waals surface area contributed by atoms with Crippen LogP contribution >= 0.6 is 0 Å². The van der Waals surface area contributed by atoms with Gasteiger partial charge in [0.1, 0.15) is 6.10 Å². The quantitative estimate of drug-likeness (QED) is 0.665. The van der Waals surface area contributed by atoms with Crippen LogP contribution in [-0.2, 0) is 9.47 Å². The molecule has 3 rings (SSSR count). The van der Waals surface area contributed by atoms with Gasteiger partial charge >= 0.3 is 0 Å². The number of anilines is 1. The Morgan fingerprint density at radius 3 is 2.64 bits per heavy atom. The Kier molecular flexibility index (Phi) is 4.95. The Labute approximate surface area is 131 Å². The van der Waals surface area contributed by atoms with E-state index in [0.717, 1.165) is 18.5 Å². The second kappa shape index (κ2) is 7.11. The molecule has 1 unspecified atom stereocenters. The highest BCUT2D eigenvalue weighted by Gasteiger charge is 2.41. The van der Waals surface area contributed by atoms with Gasteiger partial charge in [-0.05, 0) is 25.0 Å². The molecule has 1 saturated carbocycles. The van der Waals surface area contributed by atoms with Gasteiger partial charge in [-0.2, -0.15) is 0 Å². The summed E-state index contributed by atoms with van der Waals surface area (Å²) in [7, 11) is 0. The molecule has 1 aliphatic carbocycles. The average Bonchev–Trinajstić information content (AvgIpc) is 2.78. The van der Waals surface area contributed by atoms with Crippen LogP contribution in [0.4, 0.5) is 5.69 Å². The maximum atomic E-state index is 6.16. The van der Waals surface area contributed by atoms with Crippen LogP contribution in [0.15, 0.2) is 35.3 Å². The van der Waals surface area contributed by atoms with Crippen LogP contribution in [-0.4, -0.2) is 31.0 Å². The SMILES string of the molecule is NC(=NCC1COC2(CCCCCC2)O1)Nc1ccccc1. The van der Waals surface area contributed by atoms with Crippen molar-refractivity contribution in [2.24, 2.45) is 10.7 Å². The van der Waals surface area contributed by atoms with E-state index in [2.05, 4.69) is 10.3 Å². The van der Waals surface area contributed by atoms with Gasteiger partial charge in [-0.15, -0.1) is 0 Å². The largest absolute Gasteiger partial charge is 0.370 e. The summed E-state index contributed by atoms with van der Waals surface area (Å²) in [4.78, 5) is 4.38. The summed E-state index contributed by atoms with van der Waals surface area (Å²) in [5.74, 6) is 0.0646. The first-order chi connectivity index (χ1) is 10.8. The van der Waals surface area contributed by atoms with Gasteiger partial charge in [0, 0.05) is 18.5 Å². The molecule has 1 atom stereocenters. The average molecular weight is 303 g/mol. The zero-order valence-electron chi connectivity index (χ0n) is 13.0. The molecule has 120 valence electrons. The number of guanidine groups is 1. The highest BCUT2D eigenvalue weighted by molar-refractivity contribution is 5.92. The van der Waals surface area contributed by atoms with Crippen LogP contribution in [0.3, 0.4) is 0 Å². The molecule has 22 heavy (non-hydrogen) atoms. The first-order valence-electron chi connectivity index (χ1n) is 8.20. The molecule has 1 aromatic rings. The maximum absolute atomic E-state index is 6.16. The Bertz CT molecular complexity index is 496. The van der Waals surface area contributed by atoms with E-state index < -0.39 is 0 Å². The Morgan fingerprint density at radius 1 is 1.18 bits per heavy atom. The highest BCUT2D eigenvalue weighted by atomic mass is 16.7. The summed E-state index contributed by atoms with van der Waals surface area (Å²) in [6, 6.07) is 9.79. The van der Waals surface area contributed by atoms with Gasteiger partial charge in [-0.3, -0.25) is 4.99 Å². The van der Waals surface area contributed by atoms with Gasteiger partial charge in [-0.25, -0.2) is 0 Å². The molecule has 5 nitrogen and oxygen atoms in total. The number of hydrogen-bond donors (Lipinski definition) is 2. The zero-order chi connectivity index (χ0) is 15.3. The summed E-state index contributed by atoms with van der Waals surface area (Å²) in [5.41, 5.74) is 6.86. The molecule has 0 aromatic heterocycles. The van der Waals surface area contributed by atoms with Gasteiger partial charge < -0.3 is 20.5 Å². The molecule has 1 heterocycles. The first-order valence-corrected chi connectivity index (χ1v) is 8.20. The fraction of sp³-hybridized carbons (Fsp3) is 0.588. The maximum Gasteiger partial charge on any atom is 0.193 e. The van der Waals surface area contributed by atoms with Crippen LogP contribution in [0.2, 0.25) is 0 Å². The van der Waals surface area contributed by atoms with Crippen molar-refractivity contribution in [2.75, 3.05) is 18.5 Å². The summed E-state index contributed by atoms with van der Waals surface area (Å²) in [6.07, 6.45) is 6.96. The van der Waals surface area contributed by atoms with Gasteiger partial charge in [0.25, 0.3) is 0 Å². The number of benzene rings is 1. The zero-order valence-corrected chi connectivity index (χ0v) is 13.0. The van der Waals surface area contributed by atoms with E-state index in [1.165, 1.54) is 25.7 Å². The highest BCUT2D eigenvalue weighted by Crippen LogP contribution is 2.36. The molecular formula is C17H25N3O2. The molecular weight excluding hydrogens is 278 g/mol. The minimum absolute atomic E-state index is 0.00854. The molecule has 1 spiro atoms. The standard InChI is InChI=1S/C17H25N3O2/c18-16(20-14-8-4-3-5-9-14)19-12-15-13-21-17(22-15)10-6-1-2-7-11-17/h3-5,8-9,15H,1-2,6-7,10-13H2,(H3,18,19,20). The van der Waals surface area contributed by atoms with Crippen LogP contribution in [0.5, 0.6) is 0 Å². The number of nitrogens with two attached hydrogens (primary N) is 1. The predicted octanol–water partition coefficient (Wildman–Crippen LogP) is 2.88. The molecule has 1 saturated heterocycles. The van der Waals surface area contributed by atoms with E-state index in [1.54, 1.807) is 0 Å². The Balaban J connectivity index is 1.50. The van der Waals surface area contributed by atoms with Crippen LogP contribution in [0, 0.1) is 0 Å². The van der Waals surface area contributed by atoms with E-state index in [-0.39, 0.29) is 11.9 Å². The number of hydrogen-bond acceptors (Lipinski definition) is 3. The van der Waals surface area contributed by atoms with Crippen molar-refractivity contribution in [3.05, 3.63) is 30.3 Å². The summed E-state index contributed by atoms with van der Waals surface area (Å²) in [5, 5.41) is 3.08. The van der Waals surface area contributed by atoms with Gasteiger partial charge in [0.2, 0.25) is 0 Å². The van der Waals surface area contributed by atoms with Gasteiger partial charge in [0.15, 0.2) is 11.7 Å². The minimum atomic E-state index is -0.349. The molecule has 0 bridgehead atoms. The lowest BCUT2D eigenvalue weighted by Crippen LogP contribution is -2.31. The monoisotopic (exact) mass is 303 g/mol. The second-order valence-electron chi connectivity index (χ2n) is 6.09. The number of rotatable bonds is 3. The molecule has 3 N–H and O–H groups in total. The number of aliphatic imine (C=N–C) groups is 1. The molecule has 2 aliphatic rings. The lowest BCUT2D eigenvalue weighted by molar-refractivity contribution is -0.174. The molecule has 2 fully saturated rings. The van der Waals surface area contributed by atoms with Crippen molar-refractivity contribution in [1.29, 1.82) is 0 Å². The molecule has 5 heteroatoms. The third-order valence-corrected chi connectivity index (χ3v) is 4.29. The fourth-order valence-corrected chi connectivity index (χ4v) is 3.15. The van der Waals surface area contributed by atoms with Crippen molar-refractivity contribution < 1.29 is 9.47 Å². The summed E-state index contributed by atoms with van der Waals surface area (Å²) < 4.78 is 12.1. The van der Waals surface area contributed by atoms with E-state index in [1.807, 2.05) is 30.3 Å². The molecule has 0 radical (unpaired) electrons. The molecule has 1 aliphatic heterocycles. The van der Waals surface area contributed by atoms with Crippen LogP contribution < -0.4 is 11.1 Å². The second-order valence-corrected chi connectivity index (χ2v) is 6.09. The smallest absolute Gasteiger partial charge is 0.193 e. The predicted molar refractivity (Wildman–Crippen MR) is 87.8 cm³/mol. The first kappa shape index (κ1) is 15.3. The van der Waals surface area contributed by atoms with Gasteiger partial charge in [0.05, 0.1) is 13.2 Å². The molecule has 1 aromatic carbocycles. The third-order valence-electron chi connectivity index (χ3n) is 4.29. The topological polar surface area (TPSA) is 68.9 Å². The number of ether oxygens (including phenoxy) is 2. The lowest BCUT2D eigenvalue weighted by Gasteiger charge is -2.26. The van der Waals surface area contributed by atoms with Crippen LogP contribution in [0.1, 0.15) is 38.5 Å². The number of para-hydroxylation sites is 1. The normalized spacial score (nSPS) is 25.1. The fourth-order valence-electron chi connectivity index (χ4n) is 3.15. The summed E-state index contributed by atoms with van der Waals surface area (Å²) in [6.45, 7) is 1.15. The summed E-state index contributed by atoms with van der Waals surface area (Å²) >= 11 is 0. The third kappa shape index (κ3) is 3.99.